The van der Waals surface area contributed by atoms with Crippen LogP contribution >= 0.6 is 11.8 Å². The lowest BCUT2D eigenvalue weighted by molar-refractivity contribution is 0.108. The van der Waals surface area contributed by atoms with Crippen LogP contribution in [0.15, 0.2) is 54.6 Å². The molecule has 0 radical (unpaired) electrons. The van der Waals surface area contributed by atoms with Crippen LogP contribution in [0, 0.1) is 6.92 Å². The molecule has 0 spiro atoms. The predicted molar refractivity (Wildman–Crippen MR) is 79.4 cm³/mol. The third kappa shape index (κ3) is 3.94. The third-order valence-corrected chi connectivity index (χ3v) is 3.82. The summed E-state index contributed by atoms with van der Waals surface area (Å²) in [6.45, 7) is 1.99. The van der Waals surface area contributed by atoms with Crippen LogP contribution in [0.1, 0.15) is 27.6 Å². The molecule has 0 aromatic heterocycles. The molecule has 0 saturated carbocycles. The van der Waals surface area contributed by atoms with Gasteiger partial charge in [0.15, 0.2) is 0 Å². The second-order valence-electron chi connectivity index (χ2n) is 4.39. The van der Waals surface area contributed by atoms with Gasteiger partial charge in [0.2, 0.25) is 5.12 Å². The Balaban J connectivity index is 1.92. The summed E-state index contributed by atoms with van der Waals surface area (Å²) in [6.07, 6.45) is -0.611. The standard InChI is InChI=1S/C16H16O2S/c1-12-7-9-14(10-8-12)16(18)19-11-15(17)13-5-3-2-4-6-13/h2-10,15,17H,11H2,1H3. The molecule has 3 heteroatoms. The Labute approximate surface area is 117 Å². The Bertz CT molecular complexity index is 534. The van der Waals surface area contributed by atoms with E-state index in [-0.39, 0.29) is 5.12 Å². The second-order valence-corrected chi connectivity index (χ2v) is 5.38. The van der Waals surface area contributed by atoms with Crippen molar-refractivity contribution in [3.63, 3.8) is 0 Å². The minimum Gasteiger partial charge on any atom is -0.388 e. The van der Waals surface area contributed by atoms with Crippen LogP contribution in [-0.2, 0) is 0 Å². The van der Waals surface area contributed by atoms with Crippen molar-refractivity contribution in [3.05, 3.63) is 71.3 Å². The zero-order chi connectivity index (χ0) is 13.7. The van der Waals surface area contributed by atoms with E-state index in [2.05, 4.69) is 0 Å². The highest BCUT2D eigenvalue weighted by atomic mass is 32.2. The first kappa shape index (κ1) is 13.8. The number of carbonyl (C=O) groups is 1. The maximum atomic E-state index is 11.9. The van der Waals surface area contributed by atoms with E-state index in [1.807, 2.05) is 61.5 Å². The molecule has 0 aliphatic carbocycles. The lowest BCUT2D eigenvalue weighted by atomic mass is 10.1. The van der Waals surface area contributed by atoms with Crippen molar-refractivity contribution in [2.24, 2.45) is 0 Å². The monoisotopic (exact) mass is 272 g/mol. The maximum Gasteiger partial charge on any atom is 0.219 e. The van der Waals surface area contributed by atoms with E-state index in [0.29, 0.717) is 11.3 Å². The van der Waals surface area contributed by atoms with E-state index >= 15 is 0 Å². The van der Waals surface area contributed by atoms with Gasteiger partial charge in [-0.25, -0.2) is 0 Å². The number of aliphatic hydroxyl groups excluding tert-OH is 1. The number of carbonyl (C=O) groups excluding carboxylic acids is 1. The highest BCUT2D eigenvalue weighted by Crippen LogP contribution is 2.21. The minimum atomic E-state index is -0.611. The highest BCUT2D eigenvalue weighted by molar-refractivity contribution is 8.14. The molecule has 0 saturated heterocycles. The van der Waals surface area contributed by atoms with Gasteiger partial charge in [-0.15, -0.1) is 0 Å². The summed E-state index contributed by atoms with van der Waals surface area (Å²) in [4.78, 5) is 11.9. The molecule has 2 aromatic carbocycles. The zero-order valence-corrected chi connectivity index (χ0v) is 11.6. The van der Waals surface area contributed by atoms with Crippen molar-refractivity contribution in [1.29, 1.82) is 0 Å². The summed E-state index contributed by atoms with van der Waals surface area (Å²) in [6, 6.07) is 16.9. The van der Waals surface area contributed by atoms with E-state index < -0.39 is 6.10 Å². The Morgan fingerprint density at radius 2 is 1.74 bits per heavy atom. The van der Waals surface area contributed by atoms with Crippen molar-refractivity contribution < 1.29 is 9.90 Å². The molecule has 0 amide bonds. The van der Waals surface area contributed by atoms with Crippen molar-refractivity contribution >= 4 is 16.9 Å². The molecule has 98 valence electrons. The lowest BCUT2D eigenvalue weighted by Crippen LogP contribution is -2.03. The van der Waals surface area contributed by atoms with Crippen LogP contribution in [0.3, 0.4) is 0 Å². The van der Waals surface area contributed by atoms with E-state index in [1.165, 1.54) is 0 Å². The van der Waals surface area contributed by atoms with Gasteiger partial charge >= 0.3 is 0 Å². The van der Waals surface area contributed by atoms with Crippen LogP contribution in [0.25, 0.3) is 0 Å². The molecular formula is C16H16O2S. The van der Waals surface area contributed by atoms with Crippen molar-refractivity contribution in [2.45, 2.75) is 13.0 Å². The van der Waals surface area contributed by atoms with Gasteiger partial charge in [-0.05, 0) is 12.5 Å². The number of aryl methyl sites for hydroxylation is 1. The van der Waals surface area contributed by atoms with Crippen LogP contribution in [0.5, 0.6) is 0 Å². The number of rotatable bonds is 4. The average Bonchev–Trinajstić information content (AvgIpc) is 2.46. The fraction of sp³-hybridized carbons (Fsp3) is 0.188. The molecule has 1 unspecified atom stereocenters. The van der Waals surface area contributed by atoms with E-state index in [1.54, 1.807) is 0 Å². The molecule has 2 nitrogen and oxygen atoms in total. The van der Waals surface area contributed by atoms with Gasteiger partial charge in [-0.1, -0.05) is 71.9 Å². The summed E-state index contributed by atoms with van der Waals surface area (Å²) in [5.74, 6) is 0.372. The quantitative estimate of drug-likeness (QED) is 0.924. The molecule has 0 aliphatic rings. The molecule has 2 rings (SSSR count). The third-order valence-electron chi connectivity index (χ3n) is 2.84. The van der Waals surface area contributed by atoms with Crippen LogP contribution in [0.4, 0.5) is 0 Å². The van der Waals surface area contributed by atoms with Gasteiger partial charge in [-0.3, -0.25) is 4.79 Å². The smallest absolute Gasteiger partial charge is 0.219 e. The van der Waals surface area contributed by atoms with Crippen molar-refractivity contribution in [2.75, 3.05) is 5.75 Å². The molecule has 0 aliphatic heterocycles. The van der Waals surface area contributed by atoms with Gasteiger partial charge in [0, 0.05) is 11.3 Å². The Morgan fingerprint density at radius 3 is 2.37 bits per heavy atom. The predicted octanol–water partition coefficient (Wildman–Crippen LogP) is 3.60. The lowest BCUT2D eigenvalue weighted by Gasteiger charge is -2.09. The molecule has 19 heavy (non-hydrogen) atoms. The zero-order valence-electron chi connectivity index (χ0n) is 10.7. The first-order valence-electron chi connectivity index (χ1n) is 6.13. The summed E-state index contributed by atoms with van der Waals surface area (Å²) < 4.78 is 0. The van der Waals surface area contributed by atoms with Gasteiger partial charge in [0.1, 0.15) is 0 Å². The Morgan fingerprint density at radius 1 is 1.11 bits per heavy atom. The van der Waals surface area contributed by atoms with Gasteiger partial charge in [0.25, 0.3) is 0 Å². The van der Waals surface area contributed by atoms with Crippen LogP contribution in [-0.4, -0.2) is 16.0 Å². The number of hydrogen-bond acceptors (Lipinski definition) is 3. The SMILES string of the molecule is Cc1ccc(C(=O)SCC(O)c2ccccc2)cc1. The summed E-state index contributed by atoms with van der Waals surface area (Å²) in [5.41, 5.74) is 2.65. The van der Waals surface area contributed by atoms with Gasteiger partial charge in [-0.2, -0.15) is 0 Å². The van der Waals surface area contributed by atoms with E-state index in [4.69, 9.17) is 0 Å². The highest BCUT2D eigenvalue weighted by Gasteiger charge is 2.12. The van der Waals surface area contributed by atoms with E-state index in [9.17, 15) is 9.90 Å². The summed E-state index contributed by atoms with van der Waals surface area (Å²) in [7, 11) is 0. The van der Waals surface area contributed by atoms with Gasteiger partial charge < -0.3 is 5.11 Å². The molecule has 1 atom stereocenters. The molecule has 0 fully saturated rings. The number of thioether (sulfide) groups is 1. The first-order chi connectivity index (χ1) is 9.16. The minimum absolute atomic E-state index is 0.00465. The topological polar surface area (TPSA) is 37.3 Å². The maximum absolute atomic E-state index is 11.9. The summed E-state index contributed by atoms with van der Waals surface area (Å²) >= 11 is 1.15. The fourth-order valence-electron chi connectivity index (χ4n) is 1.70. The Hall–Kier alpha value is -1.58. The molecule has 0 bridgehead atoms. The fourth-order valence-corrected chi connectivity index (χ4v) is 2.50. The molecule has 0 heterocycles. The molecule has 2 aromatic rings. The number of aliphatic hydroxyl groups is 1. The molecular weight excluding hydrogens is 256 g/mol. The normalized spacial score (nSPS) is 12.1. The average molecular weight is 272 g/mol. The summed E-state index contributed by atoms with van der Waals surface area (Å²) in [5, 5.41) is 9.98. The van der Waals surface area contributed by atoms with Crippen LogP contribution in [0.2, 0.25) is 0 Å². The van der Waals surface area contributed by atoms with Crippen LogP contribution < -0.4 is 0 Å². The molecule has 1 N–H and O–H groups in total. The first-order valence-corrected chi connectivity index (χ1v) is 7.12. The largest absolute Gasteiger partial charge is 0.388 e. The second kappa shape index (κ2) is 6.55. The Kier molecular flexibility index (Phi) is 4.77. The number of benzene rings is 2. The van der Waals surface area contributed by atoms with Crippen molar-refractivity contribution in [1.82, 2.24) is 0 Å². The van der Waals surface area contributed by atoms with Crippen molar-refractivity contribution in [3.8, 4) is 0 Å². The van der Waals surface area contributed by atoms with Gasteiger partial charge in [0.05, 0.1) is 6.10 Å². The number of hydrogen-bond donors (Lipinski definition) is 1. The van der Waals surface area contributed by atoms with E-state index in [0.717, 1.165) is 22.9 Å².